The van der Waals surface area contributed by atoms with Gasteiger partial charge in [-0.15, -0.1) is 0 Å². The van der Waals surface area contributed by atoms with Gasteiger partial charge in [-0.3, -0.25) is 0 Å². The Morgan fingerprint density at radius 2 is 2.12 bits per heavy atom. The Morgan fingerprint density at radius 1 is 1.35 bits per heavy atom. The first-order valence-electron chi connectivity index (χ1n) is 6.02. The molecule has 1 heterocycles. The van der Waals surface area contributed by atoms with Gasteiger partial charge in [-0.2, -0.15) is 0 Å². The first-order valence-corrected chi connectivity index (χ1v) is 6.02. The topological polar surface area (TPSA) is 43.7 Å². The minimum atomic E-state index is -1.75. The molecule has 1 unspecified atom stereocenters. The molecule has 5 heteroatoms. The van der Waals surface area contributed by atoms with E-state index in [0.717, 1.165) is 25.1 Å². The van der Waals surface area contributed by atoms with Crippen LogP contribution in [0.1, 0.15) is 26.2 Å². The monoisotopic (exact) mass is 237 g/mol. The summed E-state index contributed by atoms with van der Waals surface area (Å²) < 4.78 is 13.6. The van der Waals surface area contributed by atoms with E-state index < -0.39 is 12.9 Å². The zero-order valence-electron chi connectivity index (χ0n) is 9.93. The maximum absolute atomic E-state index is 13.6. The lowest BCUT2D eigenvalue weighted by atomic mass is 9.80. The first-order chi connectivity index (χ1) is 8.09. The number of nitrogens with zero attached hydrogens (tertiary/aromatic N) is 1. The number of anilines is 1. The summed E-state index contributed by atoms with van der Waals surface area (Å²) in [5, 5.41) is 17.9. The number of hydrogen-bond acceptors (Lipinski definition) is 3. The van der Waals surface area contributed by atoms with Gasteiger partial charge >= 0.3 is 7.12 Å². The fraction of sp³-hybridized carbons (Fsp3) is 0.500. The third-order valence-electron chi connectivity index (χ3n) is 3.40. The van der Waals surface area contributed by atoms with E-state index in [0.29, 0.717) is 6.04 Å². The fourth-order valence-electron chi connectivity index (χ4n) is 2.39. The molecule has 0 radical (unpaired) electrons. The van der Waals surface area contributed by atoms with Gasteiger partial charge in [0.15, 0.2) is 0 Å². The predicted molar refractivity (Wildman–Crippen MR) is 66.9 cm³/mol. The molecule has 1 aliphatic heterocycles. The van der Waals surface area contributed by atoms with E-state index >= 15 is 0 Å². The molecule has 1 fully saturated rings. The van der Waals surface area contributed by atoms with Crippen molar-refractivity contribution in [2.75, 3.05) is 11.4 Å². The Balaban J connectivity index is 2.24. The average Bonchev–Trinajstić information content (AvgIpc) is 2.29. The molecular formula is C12H17BFNO2. The van der Waals surface area contributed by atoms with Gasteiger partial charge in [-0.1, -0.05) is 6.07 Å². The lowest BCUT2D eigenvalue weighted by Gasteiger charge is -2.35. The highest BCUT2D eigenvalue weighted by atomic mass is 19.1. The van der Waals surface area contributed by atoms with Gasteiger partial charge in [0.2, 0.25) is 0 Å². The Labute approximate surface area is 101 Å². The van der Waals surface area contributed by atoms with E-state index in [2.05, 4.69) is 11.8 Å². The number of rotatable bonds is 2. The van der Waals surface area contributed by atoms with E-state index in [9.17, 15) is 4.39 Å². The summed E-state index contributed by atoms with van der Waals surface area (Å²) >= 11 is 0. The maximum Gasteiger partial charge on any atom is 0.491 e. The van der Waals surface area contributed by atoms with Crippen molar-refractivity contribution in [3.8, 4) is 0 Å². The largest absolute Gasteiger partial charge is 0.491 e. The third kappa shape index (κ3) is 2.61. The van der Waals surface area contributed by atoms with Gasteiger partial charge in [0.25, 0.3) is 0 Å². The van der Waals surface area contributed by atoms with Gasteiger partial charge in [-0.05, 0) is 38.3 Å². The molecule has 0 saturated carbocycles. The molecule has 17 heavy (non-hydrogen) atoms. The Morgan fingerprint density at radius 3 is 2.71 bits per heavy atom. The Kier molecular flexibility index (Phi) is 3.69. The summed E-state index contributed by atoms with van der Waals surface area (Å²) in [4.78, 5) is 2.17. The van der Waals surface area contributed by atoms with Gasteiger partial charge in [0.1, 0.15) is 5.82 Å². The highest BCUT2D eigenvalue weighted by molar-refractivity contribution is 6.58. The van der Waals surface area contributed by atoms with Crippen molar-refractivity contribution in [2.45, 2.75) is 32.2 Å². The lowest BCUT2D eigenvalue weighted by molar-refractivity contribution is 0.423. The van der Waals surface area contributed by atoms with Crippen LogP contribution in [0.4, 0.5) is 10.1 Å². The molecule has 2 rings (SSSR count). The smallest absolute Gasteiger partial charge is 0.423 e. The van der Waals surface area contributed by atoms with Crippen molar-refractivity contribution in [1.82, 2.24) is 0 Å². The van der Waals surface area contributed by atoms with Crippen molar-refractivity contribution in [3.63, 3.8) is 0 Å². The second kappa shape index (κ2) is 5.06. The number of benzene rings is 1. The minimum absolute atomic E-state index is 0.0709. The highest BCUT2D eigenvalue weighted by Gasteiger charge is 2.21. The summed E-state index contributed by atoms with van der Waals surface area (Å²) in [6, 6.07) is 4.99. The van der Waals surface area contributed by atoms with E-state index in [1.54, 1.807) is 6.07 Å². The standard InChI is InChI=1S/C12H17BFNO2/c1-9-4-2-3-7-15(9)10-5-6-11(13(16)17)12(14)8-10/h5-6,8-9,16-17H,2-4,7H2,1H3. The van der Waals surface area contributed by atoms with Crippen LogP contribution in [0.15, 0.2) is 18.2 Å². The highest BCUT2D eigenvalue weighted by Crippen LogP contribution is 2.24. The van der Waals surface area contributed by atoms with Crippen LogP contribution >= 0.6 is 0 Å². The van der Waals surface area contributed by atoms with E-state index in [-0.39, 0.29) is 5.46 Å². The summed E-state index contributed by atoms with van der Waals surface area (Å²) in [5.41, 5.74) is 0.748. The molecular weight excluding hydrogens is 220 g/mol. The first kappa shape index (κ1) is 12.4. The second-order valence-corrected chi connectivity index (χ2v) is 4.62. The molecule has 1 aromatic carbocycles. The zero-order valence-corrected chi connectivity index (χ0v) is 9.93. The molecule has 1 atom stereocenters. The zero-order chi connectivity index (χ0) is 12.4. The van der Waals surface area contributed by atoms with Crippen LogP contribution in [0.3, 0.4) is 0 Å². The van der Waals surface area contributed by atoms with Crippen molar-refractivity contribution < 1.29 is 14.4 Å². The number of piperidine rings is 1. The molecule has 2 N–H and O–H groups in total. The van der Waals surface area contributed by atoms with Crippen LogP contribution in [0.25, 0.3) is 0 Å². The second-order valence-electron chi connectivity index (χ2n) is 4.62. The third-order valence-corrected chi connectivity index (χ3v) is 3.40. The molecule has 0 amide bonds. The molecule has 3 nitrogen and oxygen atoms in total. The van der Waals surface area contributed by atoms with Crippen LogP contribution in [0.2, 0.25) is 0 Å². The molecule has 0 spiro atoms. The fourth-order valence-corrected chi connectivity index (χ4v) is 2.39. The van der Waals surface area contributed by atoms with Gasteiger partial charge in [0.05, 0.1) is 0 Å². The molecule has 0 bridgehead atoms. The lowest BCUT2D eigenvalue weighted by Crippen LogP contribution is -2.38. The number of hydrogen-bond donors (Lipinski definition) is 2. The van der Waals surface area contributed by atoms with Crippen LogP contribution < -0.4 is 10.4 Å². The van der Waals surface area contributed by atoms with E-state index in [1.165, 1.54) is 18.6 Å². The molecule has 0 aliphatic carbocycles. The van der Waals surface area contributed by atoms with E-state index in [4.69, 9.17) is 10.0 Å². The van der Waals surface area contributed by atoms with Crippen LogP contribution in [-0.4, -0.2) is 29.8 Å². The molecule has 92 valence electrons. The summed E-state index contributed by atoms with van der Waals surface area (Å²) in [7, 11) is -1.75. The van der Waals surface area contributed by atoms with Gasteiger partial charge in [-0.25, -0.2) is 4.39 Å². The summed E-state index contributed by atoms with van der Waals surface area (Å²) in [6.07, 6.45) is 3.45. The van der Waals surface area contributed by atoms with Crippen LogP contribution in [-0.2, 0) is 0 Å². The Hall–Kier alpha value is -1.07. The van der Waals surface area contributed by atoms with Crippen molar-refractivity contribution in [3.05, 3.63) is 24.0 Å². The van der Waals surface area contributed by atoms with E-state index in [1.807, 2.05) is 0 Å². The molecule has 1 aliphatic rings. The van der Waals surface area contributed by atoms with Gasteiger partial charge < -0.3 is 14.9 Å². The Bertz CT molecular complexity index is 400. The number of halogens is 1. The summed E-state index contributed by atoms with van der Waals surface area (Å²) in [5.74, 6) is -0.560. The van der Waals surface area contributed by atoms with Crippen LogP contribution in [0.5, 0.6) is 0 Å². The van der Waals surface area contributed by atoms with Crippen molar-refractivity contribution in [2.24, 2.45) is 0 Å². The average molecular weight is 237 g/mol. The van der Waals surface area contributed by atoms with Crippen LogP contribution in [0, 0.1) is 5.82 Å². The molecule has 1 saturated heterocycles. The predicted octanol–water partition coefficient (Wildman–Crippen LogP) is 0.884. The maximum atomic E-state index is 13.6. The minimum Gasteiger partial charge on any atom is -0.423 e. The van der Waals surface area contributed by atoms with Crippen molar-refractivity contribution in [1.29, 1.82) is 0 Å². The molecule has 0 aromatic heterocycles. The molecule has 1 aromatic rings. The van der Waals surface area contributed by atoms with Crippen molar-refractivity contribution >= 4 is 18.3 Å². The SMILES string of the molecule is CC1CCCCN1c1ccc(B(O)O)c(F)c1. The summed E-state index contributed by atoms with van der Waals surface area (Å²) in [6.45, 7) is 3.06. The quantitative estimate of drug-likeness (QED) is 0.750. The normalized spacial score (nSPS) is 20.5. The van der Waals surface area contributed by atoms with Gasteiger partial charge in [0, 0.05) is 23.7 Å².